The highest BCUT2D eigenvalue weighted by molar-refractivity contribution is 5.80. The highest BCUT2D eigenvalue weighted by Gasteiger charge is 2.36. The average Bonchev–Trinajstić information content (AvgIpc) is 3.36. The number of carbonyl (C=O) groups is 1. The molecule has 0 spiro atoms. The molecule has 3 unspecified atom stereocenters. The maximum absolute atomic E-state index is 12.8. The molecule has 2 aliphatic carbocycles. The zero-order valence-corrected chi connectivity index (χ0v) is 13.5. The summed E-state index contributed by atoms with van der Waals surface area (Å²) in [6.45, 7) is 0.734. The molecular formula is C18H21N5O. The third-order valence-corrected chi connectivity index (χ3v) is 5.21. The Kier molecular flexibility index (Phi) is 4.11. The molecule has 1 aromatic carbocycles. The minimum absolute atomic E-state index is 0.0158. The molecule has 1 amide bonds. The largest absolute Gasteiger partial charge is 0.354 e. The Bertz CT molecular complexity index is 712. The van der Waals surface area contributed by atoms with Gasteiger partial charge < -0.3 is 5.32 Å². The lowest BCUT2D eigenvalue weighted by Crippen LogP contribution is -2.37. The van der Waals surface area contributed by atoms with Crippen LogP contribution in [0.5, 0.6) is 0 Å². The summed E-state index contributed by atoms with van der Waals surface area (Å²) < 4.78 is 1.54. The van der Waals surface area contributed by atoms with E-state index in [4.69, 9.17) is 0 Å². The van der Waals surface area contributed by atoms with E-state index >= 15 is 0 Å². The standard InChI is InChI=1S/C18H21N5O/c24-18(19-11-16-9-14-6-7-15(16)8-14)17(23-12-20-21-22-23)10-13-4-2-1-3-5-13/h1-7,12,14-17H,8-11H2,(H,19,24)/t14?,15?,16?,17-/m0/s1. The SMILES string of the molecule is O=C(NCC1CC2C=CC1C2)[C@H](Cc1ccccc1)n1cnnn1. The normalized spacial score (nSPS) is 25.8. The van der Waals surface area contributed by atoms with Crippen LogP contribution in [0.1, 0.15) is 24.4 Å². The van der Waals surface area contributed by atoms with Gasteiger partial charge in [-0.3, -0.25) is 4.79 Å². The second kappa shape index (κ2) is 6.55. The Hall–Kier alpha value is -2.50. The van der Waals surface area contributed by atoms with Gasteiger partial charge in [0.2, 0.25) is 5.91 Å². The van der Waals surface area contributed by atoms with Gasteiger partial charge in [-0.05, 0) is 46.6 Å². The molecule has 2 aromatic rings. The molecule has 6 heteroatoms. The summed E-state index contributed by atoms with van der Waals surface area (Å²) in [5, 5.41) is 14.4. The Labute approximate surface area is 140 Å². The molecule has 0 saturated heterocycles. The van der Waals surface area contributed by atoms with Gasteiger partial charge in [0.1, 0.15) is 12.4 Å². The van der Waals surface area contributed by atoms with E-state index in [1.807, 2.05) is 30.3 Å². The van der Waals surface area contributed by atoms with Crippen LogP contribution in [-0.4, -0.2) is 32.7 Å². The van der Waals surface area contributed by atoms with Gasteiger partial charge in [-0.1, -0.05) is 42.5 Å². The fourth-order valence-electron chi connectivity index (χ4n) is 3.93. The smallest absolute Gasteiger partial charge is 0.245 e. The van der Waals surface area contributed by atoms with Crippen molar-refractivity contribution in [1.29, 1.82) is 0 Å². The van der Waals surface area contributed by atoms with Crippen molar-refractivity contribution in [3.05, 3.63) is 54.4 Å². The van der Waals surface area contributed by atoms with Crippen LogP contribution < -0.4 is 5.32 Å². The van der Waals surface area contributed by atoms with E-state index in [9.17, 15) is 4.79 Å². The van der Waals surface area contributed by atoms with E-state index in [-0.39, 0.29) is 5.91 Å². The molecule has 6 nitrogen and oxygen atoms in total. The topological polar surface area (TPSA) is 72.7 Å². The Morgan fingerprint density at radius 3 is 2.79 bits per heavy atom. The quantitative estimate of drug-likeness (QED) is 0.823. The van der Waals surface area contributed by atoms with Crippen LogP contribution in [0.15, 0.2) is 48.8 Å². The van der Waals surface area contributed by atoms with Crippen LogP contribution in [0.2, 0.25) is 0 Å². The van der Waals surface area contributed by atoms with Gasteiger partial charge in [-0.15, -0.1) is 5.10 Å². The zero-order valence-electron chi connectivity index (χ0n) is 13.5. The Balaban J connectivity index is 1.42. The van der Waals surface area contributed by atoms with Crippen molar-refractivity contribution in [1.82, 2.24) is 25.5 Å². The molecule has 124 valence electrons. The highest BCUT2D eigenvalue weighted by atomic mass is 16.2. The van der Waals surface area contributed by atoms with Gasteiger partial charge in [-0.2, -0.15) is 0 Å². The van der Waals surface area contributed by atoms with E-state index in [0.717, 1.165) is 18.0 Å². The number of aromatic nitrogens is 4. The minimum Gasteiger partial charge on any atom is -0.354 e. The summed E-state index contributed by atoms with van der Waals surface area (Å²) in [4.78, 5) is 12.8. The zero-order chi connectivity index (χ0) is 16.4. The van der Waals surface area contributed by atoms with Crippen LogP contribution in [0.4, 0.5) is 0 Å². The van der Waals surface area contributed by atoms with Gasteiger partial charge in [0.25, 0.3) is 0 Å². The number of fused-ring (bicyclic) bond motifs is 2. The van der Waals surface area contributed by atoms with E-state index < -0.39 is 6.04 Å². The van der Waals surface area contributed by atoms with Gasteiger partial charge in [0.15, 0.2) is 0 Å². The van der Waals surface area contributed by atoms with Gasteiger partial charge in [-0.25, -0.2) is 4.68 Å². The maximum Gasteiger partial charge on any atom is 0.245 e. The molecular weight excluding hydrogens is 302 g/mol. The molecule has 0 radical (unpaired) electrons. The number of nitrogens with zero attached hydrogens (tertiary/aromatic N) is 4. The van der Waals surface area contributed by atoms with E-state index in [1.165, 1.54) is 19.2 Å². The van der Waals surface area contributed by atoms with Crippen molar-refractivity contribution in [2.24, 2.45) is 17.8 Å². The lowest BCUT2D eigenvalue weighted by atomic mass is 9.93. The number of benzene rings is 1. The van der Waals surface area contributed by atoms with E-state index in [0.29, 0.717) is 18.3 Å². The predicted octanol–water partition coefficient (Wildman–Crippen LogP) is 1.79. The van der Waals surface area contributed by atoms with E-state index in [1.54, 1.807) is 4.68 Å². The van der Waals surface area contributed by atoms with Gasteiger partial charge in [0.05, 0.1) is 0 Å². The summed E-state index contributed by atoms with van der Waals surface area (Å²) in [6, 6.07) is 9.54. The first kappa shape index (κ1) is 15.1. The Morgan fingerprint density at radius 1 is 1.25 bits per heavy atom. The summed E-state index contributed by atoms with van der Waals surface area (Å²) in [5.41, 5.74) is 1.09. The molecule has 1 fully saturated rings. The number of hydrogen-bond acceptors (Lipinski definition) is 4. The van der Waals surface area contributed by atoms with Crippen LogP contribution in [0.25, 0.3) is 0 Å². The van der Waals surface area contributed by atoms with Crippen LogP contribution in [0.3, 0.4) is 0 Å². The van der Waals surface area contributed by atoms with Crippen molar-refractivity contribution < 1.29 is 4.79 Å². The first-order valence-corrected chi connectivity index (χ1v) is 8.52. The molecule has 2 bridgehead atoms. The predicted molar refractivity (Wildman–Crippen MR) is 88.9 cm³/mol. The summed E-state index contributed by atoms with van der Waals surface area (Å²) in [6.07, 6.45) is 9.16. The van der Waals surface area contributed by atoms with Crippen molar-refractivity contribution in [2.75, 3.05) is 6.54 Å². The summed E-state index contributed by atoms with van der Waals surface area (Å²) in [5.74, 6) is 1.90. The molecule has 1 saturated carbocycles. The third-order valence-electron chi connectivity index (χ3n) is 5.21. The molecule has 1 N–H and O–H groups in total. The van der Waals surface area contributed by atoms with Gasteiger partial charge in [0, 0.05) is 13.0 Å². The van der Waals surface area contributed by atoms with Crippen LogP contribution in [0, 0.1) is 17.8 Å². The molecule has 0 aliphatic heterocycles. The number of nitrogens with one attached hydrogen (secondary N) is 1. The number of hydrogen-bond donors (Lipinski definition) is 1. The lowest BCUT2D eigenvalue weighted by Gasteiger charge is -2.21. The fraction of sp³-hybridized carbons (Fsp3) is 0.444. The Morgan fingerprint density at radius 2 is 2.12 bits per heavy atom. The van der Waals surface area contributed by atoms with Crippen LogP contribution >= 0.6 is 0 Å². The molecule has 1 aromatic heterocycles. The average molecular weight is 323 g/mol. The first-order chi connectivity index (χ1) is 11.8. The molecule has 24 heavy (non-hydrogen) atoms. The second-order valence-electron chi connectivity index (χ2n) is 6.78. The number of rotatable bonds is 6. The number of amides is 1. The number of tetrazole rings is 1. The lowest BCUT2D eigenvalue weighted by molar-refractivity contribution is -0.124. The monoisotopic (exact) mass is 323 g/mol. The maximum atomic E-state index is 12.8. The van der Waals surface area contributed by atoms with Crippen molar-refractivity contribution in [3.63, 3.8) is 0 Å². The third kappa shape index (κ3) is 3.09. The molecule has 1 heterocycles. The fourth-order valence-corrected chi connectivity index (χ4v) is 3.93. The summed E-state index contributed by atoms with van der Waals surface area (Å²) >= 11 is 0. The molecule has 4 rings (SSSR count). The van der Waals surface area contributed by atoms with Crippen LogP contribution in [-0.2, 0) is 11.2 Å². The van der Waals surface area contributed by atoms with Crippen molar-refractivity contribution in [3.8, 4) is 0 Å². The minimum atomic E-state index is -0.420. The first-order valence-electron chi connectivity index (χ1n) is 8.52. The second-order valence-corrected chi connectivity index (χ2v) is 6.78. The summed E-state index contributed by atoms with van der Waals surface area (Å²) in [7, 11) is 0. The van der Waals surface area contributed by atoms with E-state index in [2.05, 4.69) is 33.0 Å². The van der Waals surface area contributed by atoms with Crippen molar-refractivity contribution in [2.45, 2.75) is 25.3 Å². The molecule has 2 aliphatic rings. The highest BCUT2D eigenvalue weighted by Crippen LogP contribution is 2.42. The number of allylic oxidation sites excluding steroid dienone is 2. The molecule has 4 atom stereocenters. The van der Waals surface area contributed by atoms with Crippen molar-refractivity contribution >= 4 is 5.91 Å². The van der Waals surface area contributed by atoms with Gasteiger partial charge >= 0.3 is 0 Å². The number of carbonyl (C=O) groups excluding carboxylic acids is 1.